The van der Waals surface area contributed by atoms with E-state index in [0.29, 0.717) is 5.92 Å². The van der Waals surface area contributed by atoms with Crippen molar-refractivity contribution in [1.29, 1.82) is 0 Å². The molecule has 0 bridgehead atoms. The SMILES string of the molecule is CCC(CC)CC(O)C1(O)CCCC1. The molecular formula is C12H24O2. The molecule has 84 valence electrons. The van der Waals surface area contributed by atoms with Crippen LogP contribution in [0.1, 0.15) is 58.8 Å². The third-order valence-corrected chi connectivity index (χ3v) is 3.80. The van der Waals surface area contributed by atoms with Gasteiger partial charge in [0.1, 0.15) is 0 Å². The Balaban J connectivity index is 2.43. The van der Waals surface area contributed by atoms with Gasteiger partial charge in [-0.1, -0.05) is 39.5 Å². The minimum Gasteiger partial charge on any atom is -0.390 e. The monoisotopic (exact) mass is 200 g/mol. The summed E-state index contributed by atoms with van der Waals surface area (Å²) in [5.41, 5.74) is -0.761. The molecule has 0 spiro atoms. The second-order valence-electron chi connectivity index (χ2n) is 4.74. The molecule has 2 nitrogen and oxygen atoms in total. The highest BCUT2D eigenvalue weighted by Gasteiger charge is 2.38. The van der Waals surface area contributed by atoms with Crippen molar-refractivity contribution in [2.75, 3.05) is 0 Å². The van der Waals surface area contributed by atoms with Crippen LogP contribution in [0, 0.1) is 5.92 Å². The van der Waals surface area contributed by atoms with E-state index in [-0.39, 0.29) is 0 Å². The van der Waals surface area contributed by atoms with Crippen molar-refractivity contribution in [3.63, 3.8) is 0 Å². The highest BCUT2D eigenvalue weighted by Crippen LogP contribution is 2.35. The van der Waals surface area contributed by atoms with E-state index in [9.17, 15) is 10.2 Å². The van der Waals surface area contributed by atoms with Crippen LogP contribution in [0.15, 0.2) is 0 Å². The Kier molecular flexibility index (Phi) is 4.39. The predicted molar refractivity (Wildman–Crippen MR) is 58.1 cm³/mol. The van der Waals surface area contributed by atoms with E-state index in [2.05, 4.69) is 13.8 Å². The molecule has 0 aromatic heterocycles. The topological polar surface area (TPSA) is 40.5 Å². The van der Waals surface area contributed by atoms with Crippen LogP contribution in [0.25, 0.3) is 0 Å². The predicted octanol–water partition coefficient (Wildman–Crippen LogP) is 2.48. The molecule has 0 aromatic rings. The van der Waals surface area contributed by atoms with E-state index < -0.39 is 11.7 Å². The first-order valence-electron chi connectivity index (χ1n) is 6.02. The van der Waals surface area contributed by atoms with Gasteiger partial charge in [-0.25, -0.2) is 0 Å². The molecule has 2 heteroatoms. The van der Waals surface area contributed by atoms with E-state index in [1.165, 1.54) is 0 Å². The zero-order valence-electron chi connectivity index (χ0n) is 9.50. The van der Waals surface area contributed by atoms with Crippen LogP contribution in [-0.2, 0) is 0 Å². The fourth-order valence-electron chi connectivity index (χ4n) is 2.48. The van der Waals surface area contributed by atoms with Crippen LogP contribution in [0.2, 0.25) is 0 Å². The van der Waals surface area contributed by atoms with Crippen LogP contribution in [-0.4, -0.2) is 21.9 Å². The second kappa shape index (κ2) is 5.13. The lowest BCUT2D eigenvalue weighted by Gasteiger charge is -2.30. The zero-order chi connectivity index (χ0) is 10.6. The number of hydrogen-bond donors (Lipinski definition) is 2. The summed E-state index contributed by atoms with van der Waals surface area (Å²) in [6, 6.07) is 0. The average Bonchev–Trinajstić information content (AvgIpc) is 2.62. The lowest BCUT2D eigenvalue weighted by atomic mass is 9.86. The molecule has 0 aromatic carbocycles. The molecule has 1 aliphatic carbocycles. The second-order valence-corrected chi connectivity index (χ2v) is 4.74. The fraction of sp³-hybridized carbons (Fsp3) is 1.00. The van der Waals surface area contributed by atoms with E-state index in [1.54, 1.807) is 0 Å². The van der Waals surface area contributed by atoms with Crippen LogP contribution < -0.4 is 0 Å². The summed E-state index contributed by atoms with van der Waals surface area (Å²) in [6.07, 6.45) is 6.17. The standard InChI is InChI=1S/C12H24O2/c1-3-10(4-2)9-11(13)12(14)7-5-6-8-12/h10-11,13-14H,3-9H2,1-2H3. The summed E-state index contributed by atoms with van der Waals surface area (Å²) >= 11 is 0. The molecule has 1 aliphatic rings. The van der Waals surface area contributed by atoms with Gasteiger partial charge in [0, 0.05) is 0 Å². The van der Waals surface area contributed by atoms with Crippen molar-refractivity contribution >= 4 is 0 Å². The molecule has 1 atom stereocenters. The number of aliphatic hydroxyl groups is 2. The maximum Gasteiger partial charge on any atom is 0.0905 e. The Morgan fingerprint density at radius 3 is 2.07 bits per heavy atom. The smallest absolute Gasteiger partial charge is 0.0905 e. The van der Waals surface area contributed by atoms with Crippen molar-refractivity contribution in [2.24, 2.45) is 5.92 Å². The summed E-state index contributed by atoms with van der Waals surface area (Å²) in [5.74, 6) is 0.564. The minimum absolute atomic E-state index is 0.505. The van der Waals surface area contributed by atoms with E-state index in [0.717, 1.165) is 44.9 Å². The van der Waals surface area contributed by atoms with E-state index >= 15 is 0 Å². The Bertz CT molecular complexity index is 158. The Morgan fingerprint density at radius 1 is 1.14 bits per heavy atom. The first kappa shape index (κ1) is 12.0. The Labute approximate surface area is 87.3 Å². The molecule has 2 N–H and O–H groups in total. The summed E-state index contributed by atoms with van der Waals surface area (Å²) in [6.45, 7) is 4.30. The lowest BCUT2D eigenvalue weighted by molar-refractivity contribution is -0.0793. The maximum absolute atomic E-state index is 10.1. The van der Waals surface area contributed by atoms with Gasteiger partial charge in [0.15, 0.2) is 0 Å². The quantitative estimate of drug-likeness (QED) is 0.715. The maximum atomic E-state index is 10.1. The van der Waals surface area contributed by atoms with Crippen LogP contribution in [0.5, 0.6) is 0 Å². The van der Waals surface area contributed by atoms with Gasteiger partial charge in [-0.2, -0.15) is 0 Å². The molecule has 0 saturated heterocycles. The van der Waals surface area contributed by atoms with Crippen LogP contribution in [0.4, 0.5) is 0 Å². The molecule has 14 heavy (non-hydrogen) atoms. The number of rotatable bonds is 5. The van der Waals surface area contributed by atoms with E-state index in [1.807, 2.05) is 0 Å². The van der Waals surface area contributed by atoms with Crippen molar-refractivity contribution in [1.82, 2.24) is 0 Å². The number of aliphatic hydroxyl groups excluding tert-OH is 1. The largest absolute Gasteiger partial charge is 0.390 e. The van der Waals surface area contributed by atoms with Gasteiger partial charge in [-0.3, -0.25) is 0 Å². The highest BCUT2D eigenvalue weighted by molar-refractivity contribution is 4.91. The molecule has 0 heterocycles. The minimum atomic E-state index is -0.761. The van der Waals surface area contributed by atoms with Gasteiger partial charge in [0.05, 0.1) is 11.7 Å². The lowest BCUT2D eigenvalue weighted by Crippen LogP contribution is -2.40. The molecule has 1 unspecified atom stereocenters. The first-order valence-corrected chi connectivity index (χ1v) is 6.02. The van der Waals surface area contributed by atoms with Crippen LogP contribution >= 0.6 is 0 Å². The van der Waals surface area contributed by atoms with Gasteiger partial charge in [-0.15, -0.1) is 0 Å². The molecule has 0 amide bonds. The summed E-state index contributed by atoms with van der Waals surface area (Å²) in [4.78, 5) is 0. The van der Waals surface area contributed by atoms with Gasteiger partial charge in [0.25, 0.3) is 0 Å². The third-order valence-electron chi connectivity index (χ3n) is 3.80. The highest BCUT2D eigenvalue weighted by atomic mass is 16.3. The molecule has 1 rings (SSSR count). The summed E-state index contributed by atoms with van der Waals surface area (Å²) < 4.78 is 0. The van der Waals surface area contributed by atoms with Gasteiger partial charge >= 0.3 is 0 Å². The van der Waals surface area contributed by atoms with Crippen molar-refractivity contribution in [3.05, 3.63) is 0 Å². The average molecular weight is 200 g/mol. The van der Waals surface area contributed by atoms with Crippen molar-refractivity contribution in [3.8, 4) is 0 Å². The summed E-state index contributed by atoms with van der Waals surface area (Å²) in [7, 11) is 0. The number of hydrogen-bond acceptors (Lipinski definition) is 2. The molecule has 1 saturated carbocycles. The van der Waals surface area contributed by atoms with Gasteiger partial charge < -0.3 is 10.2 Å². The molecule has 0 aliphatic heterocycles. The third kappa shape index (κ3) is 2.71. The Hall–Kier alpha value is -0.0800. The fourth-order valence-corrected chi connectivity index (χ4v) is 2.48. The first-order chi connectivity index (χ1) is 6.62. The van der Waals surface area contributed by atoms with Crippen molar-refractivity contribution < 1.29 is 10.2 Å². The van der Waals surface area contributed by atoms with Crippen LogP contribution in [0.3, 0.4) is 0 Å². The normalized spacial score (nSPS) is 22.9. The molecule has 0 radical (unpaired) electrons. The molecular weight excluding hydrogens is 176 g/mol. The zero-order valence-corrected chi connectivity index (χ0v) is 9.50. The molecule has 1 fully saturated rings. The van der Waals surface area contributed by atoms with Crippen molar-refractivity contribution in [2.45, 2.75) is 70.5 Å². The van der Waals surface area contributed by atoms with Gasteiger partial charge in [0.2, 0.25) is 0 Å². The van der Waals surface area contributed by atoms with E-state index in [4.69, 9.17) is 0 Å². The van der Waals surface area contributed by atoms with Gasteiger partial charge in [-0.05, 0) is 25.2 Å². The Morgan fingerprint density at radius 2 is 1.64 bits per heavy atom. The summed E-state index contributed by atoms with van der Waals surface area (Å²) in [5, 5.41) is 20.1.